The fourth-order valence-electron chi connectivity index (χ4n) is 3.76. The van der Waals surface area contributed by atoms with Gasteiger partial charge in [-0.3, -0.25) is 9.69 Å². The standard InChI is InChI=1S/C18H25N7O/c26-18(14-25-17(20-21-22-25)13-23-9-3-4-10-23)19-8-12-24-11-7-15-5-1-2-6-16(15)24/h1-2,5-6H,3-4,7-14H2,(H,19,26). The van der Waals surface area contributed by atoms with Crippen LogP contribution in [0.5, 0.6) is 0 Å². The molecule has 2 aliphatic heterocycles. The van der Waals surface area contributed by atoms with Gasteiger partial charge in [0.25, 0.3) is 0 Å². The van der Waals surface area contributed by atoms with Crippen LogP contribution in [0.25, 0.3) is 0 Å². The third-order valence-corrected chi connectivity index (χ3v) is 5.15. The fraction of sp³-hybridized carbons (Fsp3) is 0.556. The van der Waals surface area contributed by atoms with Crippen molar-refractivity contribution in [1.82, 2.24) is 30.4 Å². The lowest BCUT2D eigenvalue weighted by molar-refractivity contribution is -0.121. The van der Waals surface area contributed by atoms with Gasteiger partial charge in [0.2, 0.25) is 5.91 Å². The maximum absolute atomic E-state index is 12.3. The third-order valence-electron chi connectivity index (χ3n) is 5.15. The van der Waals surface area contributed by atoms with Crippen molar-refractivity contribution < 1.29 is 4.79 Å². The molecule has 0 radical (unpaired) electrons. The van der Waals surface area contributed by atoms with Crippen molar-refractivity contribution in [1.29, 1.82) is 0 Å². The minimum absolute atomic E-state index is 0.0487. The number of nitrogens with zero attached hydrogens (tertiary/aromatic N) is 6. The first-order valence-corrected chi connectivity index (χ1v) is 9.36. The quantitative estimate of drug-likeness (QED) is 0.777. The topological polar surface area (TPSA) is 79.2 Å². The van der Waals surface area contributed by atoms with Crippen LogP contribution in [0.1, 0.15) is 24.2 Å². The Hall–Kier alpha value is -2.48. The lowest BCUT2D eigenvalue weighted by Gasteiger charge is -2.19. The number of aromatic nitrogens is 4. The summed E-state index contributed by atoms with van der Waals surface area (Å²) in [6, 6.07) is 8.47. The molecular weight excluding hydrogens is 330 g/mol. The number of likely N-dealkylation sites (tertiary alicyclic amines) is 1. The molecule has 138 valence electrons. The SMILES string of the molecule is O=C(Cn1nnnc1CN1CCCC1)NCCN1CCc2ccccc21. The van der Waals surface area contributed by atoms with Gasteiger partial charge in [0, 0.05) is 25.3 Å². The van der Waals surface area contributed by atoms with Crippen LogP contribution in [0.2, 0.25) is 0 Å². The van der Waals surface area contributed by atoms with Crippen molar-refractivity contribution in [2.45, 2.75) is 32.4 Å². The molecule has 0 aliphatic carbocycles. The number of anilines is 1. The van der Waals surface area contributed by atoms with Crippen molar-refractivity contribution in [2.75, 3.05) is 37.6 Å². The van der Waals surface area contributed by atoms with Gasteiger partial charge in [-0.1, -0.05) is 18.2 Å². The highest BCUT2D eigenvalue weighted by atomic mass is 16.2. The van der Waals surface area contributed by atoms with E-state index in [0.29, 0.717) is 13.1 Å². The molecule has 1 aromatic carbocycles. The molecule has 0 atom stereocenters. The maximum Gasteiger partial charge on any atom is 0.241 e. The summed E-state index contributed by atoms with van der Waals surface area (Å²) in [5.74, 6) is 0.711. The van der Waals surface area contributed by atoms with E-state index in [1.165, 1.54) is 24.1 Å². The number of benzene rings is 1. The van der Waals surface area contributed by atoms with Gasteiger partial charge >= 0.3 is 0 Å². The summed E-state index contributed by atoms with van der Waals surface area (Å²) in [6.07, 6.45) is 3.53. The van der Waals surface area contributed by atoms with Crippen LogP contribution in [0.4, 0.5) is 5.69 Å². The third kappa shape index (κ3) is 3.85. The van der Waals surface area contributed by atoms with Crippen molar-refractivity contribution in [3.63, 3.8) is 0 Å². The Morgan fingerprint density at radius 2 is 2.00 bits per heavy atom. The molecule has 2 aromatic rings. The minimum atomic E-state index is -0.0487. The average Bonchev–Trinajstić information content (AvgIpc) is 3.38. The second kappa shape index (κ2) is 7.82. The first-order chi connectivity index (χ1) is 12.8. The zero-order valence-electron chi connectivity index (χ0n) is 15.0. The summed E-state index contributed by atoms with van der Waals surface area (Å²) in [4.78, 5) is 16.9. The molecule has 8 heteroatoms. The van der Waals surface area contributed by atoms with Gasteiger partial charge in [-0.25, -0.2) is 4.68 Å². The van der Waals surface area contributed by atoms with Crippen LogP contribution < -0.4 is 10.2 Å². The van der Waals surface area contributed by atoms with E-state index in [0.717, 1.165) is 38.4 Å². The summed E-state index contributed by atoms with van der Waals surface area (Å²) in [5.41, 5.74) is 2.68. The molecule has 0 bridgehead atoms. The van der Waals surface area contributed by atoms with Crippen LogP contribution in [0, 0.1) is 0 Å². The smallest absolute Gasteiger partial charge is 0.241 e. The Balaban J connectivity index is 1.24. The fourth-order valence-corrected chi connectivity index (χ4v) is 3.76. The number of tetrazole rings is 1. The van der Waals surface area contributed by atoms with Crippen molar-refractivity contribution in [3.05, 3.63) is 35.7 Å². The van der Waals surface area contributed by atoms with E-state index in [-0.39, 0.29) is 12.5 Å². The van der Waals surface area contributed by atoms with Gasteiger partial charge in [-0.2, -0.15) is 0 Å². The van der Waals surface area contributed by atoms with Crippen LogP contribution >= 0.6 is 0 Å². The minimum Gasteiger partial charge on any atom is -0.369 e. The number of fused-ring (bicyclic) bond motifs is 1. The molecule has 0 spiro atoms. The normalized spacial score (nSPS) is 16.8. The second-order valence-corrected chi connectivity index (χ2v) is 6.95. The van der Waals surface area contributed by atoms with E-state index in [1.807, 2.05) is 0 Å². The van der Waals surface area contributed by atoms with Gasteiger partial charge < -0.3 is 10.2 Å². The molecular formula is C18H25N7O. The van der Waals surface area contributed by atoms with Gasteiger partial charge in [-0.15, -0.1) is 5.10 Å². The van der Waals surface area contributed by atoms with Crippen molar-refractivity contribution in [2.24, 2.45) is 0 Å². The number of hydrogen-bond acceptors (Lipinski definition) is 6. The van der Waals surface area contributed by atoms with Crippen molar-refractivity contribution in [3.8, 4) is 0 Å². The lowest BCUT2D eigenvalue weighted by Crippen LogP contribution is -2.36. The monoisotopic (exact) mass is 355 g/mol. The summed E-state index contributed by atoms with van der Waals surface area (Å²) in [7, 11) is 0. The molecule has 1 N–H and O–H groups in total. The molecule has 0 unspecified atom stereocenters. The predicted octanol–water partition coefficient (Wildman–Crippen LogP) is 0.448. The van der Waals surface area contributed by atoms with Gasteiger partial charge in [-0.05, 0) is 54.4 Å². The Morgan fingerprint density at radius 1 is 1.15 bits per heavy atom. The summed E-state index contributed by atoms with van der Waals surface area (Å²) in [5, 5.41) is 14.8. The van der Waals surface area contributed by atoms with Crippen LogP contribution in [-0.2, 0) is 24.3 Å². The Bertz CT molecular complexity index is 754. The van der Waals surface area contributed by atoms with Gasteiger partial charge in [0.1, 0.15) is 6.54 Å². The average molecular weight is 355 g/mol. The van der Waals surface area contributed by atoms with Crippen LogP contribution in [0.15, 0.2) is 24.3 Å². The number of carbonyl (C=O) groups is 1. The predicted molar refractivity (Wildman–Crippen MR) is 97.7 cm³/mol. The van der Waals surface area contributed by atoms with Crippen LogP contribution in [0.3, 0.4) is 0 Å². The number of rotatable bonds is 7. The highest BCUT2D eigenvalue weighted by Crippen LogP contribution is 2.26. The number of hydrogen-bond donors (Lipinski definition) is 1. The summed E-state index contributed by atoms with van der Waals surface area (Å²) < 4.78 is 1.61. The molecule has 4 rings (SSSR count). The molecule has 1 saturated heterocycles. The summed E-state index contributed by atoms with van der Waals surface area (Å²) >= 11 is 0. The molecule has 26 heavy (non-hydrogen) atoms. The molecule has 1 fully saturated rings. The Labute approximate surface area is 153 Å². The summed E-state index contributed by atoms with van der Waals surface area (Å²) in [6.45, 7) is 5.50. The molecule has 1 aromatic heterocycles. The molecule has 3 heterocycles. The Morgan fingerprint density at radius 3 is 2.88 bits per heavy atom. The van der Waals surface area contributed by atoms with Gasteiger partial charge in [0.15, 0.2) is 5.82 Å². The molecule has 2 aliphatic rings. The zero-order chi connectivity index (χ0) is 17.8. The number of nitrogens with one attached hydrogen (secondary N) is 1. The maximum atomic E-state index is 12.3. The van der Waals surface area contributed by atoms with E-state index >= 15 is 0 Å². The zero-order valence-corrected chi connectivity index (χ0v) is 15.0. The van der Waals surface area contributed by atoms with Gasteiger partial charge in [0.05, 0.1) is 6.54 Å². The highest BCUT2D eigenvalue weighted by molar-refractivity contribution is 5.75. The highest BCUT2D eigenvalue weighted by Gasteiger charge is 2.19. The number of carbonyl (C=O) groups excluding carboxylic acids is 1. The first kappa shape index (κ1) is 17.0. The van der Waals surface area contributed by atoms with E-state index in [4.69, 9.17) is 0 Å². The molecule has 8 nitrogen and oxygen atoms in total. The Kier molecular flexibility index (Phi) is 5.10. The molecule has 0 saturated carbocycles. The number of amides is 1. The van der Waals surface area contributed by atoms with E-state index in [9.17, 15) is 4.79 Å². The van der Waals surface area contributed by atoms with Crippen molar-refractivity contribution >= 4 is 11.6 Å². The van der Waals surface area contributed by atoms with E-state index in [1.54, 1.807) is 4.68 Å². The van der Waals surface area contributed by atoms with Crippen LogP contribution in [-0.4, -0.2) is 63.7 Å². The lowest BCUT2D eigenvalue weighted by atomic mass is 10.2. The number of para-hydroxylation sites is 1. The largest absolute Gasteiger partial charge is 0.369 e. The van der Waals surface area contributed by atoms with E-state index < -0.39 is 0 Å². The van der Waals surface area contributed by atoms with E-state index in [2.05, 4.69) is 54.9 Å². The first-order valence-electron chi connectivity index (χ1n) is 9.36. The molecule has 1 amide bonds. The second-order valence-electron chi connectivity index (χ2n) is 6.95.